The lowest BCUT2D eigenvalue weighted by atomic mass is 10.0. The first-order chi connectivity index (χ1) is 13.1. The van der Waals surface area contributed by atoms with Crippen LogP contribution in [0.15, 0.2) is 83.9 Å². The SMILES string of the molecule is CC(=O)N[C@H]1c2ccccc2N=C(c2ccc(C)cc2)N1c1ccccc1. The van der Waals surface area contributed by atoms with E-state index in [4.69, 9.17) is 4.99 Å². The van der Waals surface area contributed by atoms with Crippen LogP contribution in [0, 0.1) is 6.92 Å². The zero-order valence-corrected chi connectivity index (χ0v) is 15.4. The number of hydrogen-bond acceptors (Lipinski definition) is 3. The van der Waals surface area contributed by atoms with Crippen LogP contribution in [-0.4, -0.2) is 11.7 Å². The largest absolute Gasteiger partial charge is 0.332 e. The van der Waals surface area contributed by atoms with Gasteiger partial charge in [-0.05, 0) is 25.1 Å². The van der Waals surface area contributed by atoms with Crippen LogP contribution in [0.4, 0.5) is 11.4 Å². The van der Waals surface area contributed by atoms with Gasteiger partial charge in [0, 0.05) is 23.7 Å². The minimum absolute atomic E-state index is 0.0825. The topological polar surface area (TPSA) is 44.7 Å². The van der Waals surface area contributed by atoms with Gasteiger partial charge in [0.2, 0.25) is 5.91 Å². The van der Waals surface area contributed by atoms with Crippen molar-refractivity contribution in [2.24, 2.45) is 4.99 Å². The first kappa shape index (κ1) is 17.0. The highest BCUT2D eigenvalue weighted by Crippen LogP contribution is 2.37. The number of nitrogens with zero attached hydrogens (tertiary/aromatic N) is 2. The Labute approximate surface area is 159 Å². The lowest BCUT2D eigenvalue weighted by Crippen LogP contribution is -2.46. The molecule has 0 aliphatic carbocycles. The molecule has 1 aliphatic rings. The molecule has 0 bridgehead atoms. The molecule has 4 heteroatoms. The molecule has 0 radical (unpaired) electrons. The summed E-state index contributed by atoms with van der Waals surface area (Å²) in [6.45, 7) is 3.61. The highest BCUT2D eigenvalue weighted by molar-refractivity contribution is 6.13. The smallest absolute Gasteiger partial charge is 0.218 e. The maximum Gasteiger partial charge on any atom is 0.218 e. The molecular weight excluding hydrogens is 334 g/mol. The van der Waals surface area contributed by atoms with Gasteiger partial charge in [-0.2, -0.15) is 0 Å². The van der Waals surface area contributed by atoms with Crippen LogP contribution < -0.4 is 10.2 Å². The summed E-state index contributed by atoms with van der Waals surface area (Å²) >= 11 is 0. The summed E-state index contributed by atoms with van der Waals surface area (Å²) in [6, 6.07) is 26.3. The van der Waals surface area contributed by atoms with Gasteiger partial charge in [0.15, 0.2) is 0 Å². The molecule has 1 heterocycles. The van der Waals surface area contributed by atoms with Gasteiger partial charge in [-0.1, -0.05) is 66.2 Å². The third kappa shape index (κ3) is 3.34. The van der Waals surface area contributed by atoms with Crippen molar-refractivity contribution in [2.45, 2.75) is 20.0 Å². The Bertz CT molecular complexity index is 994. The number of benzene rings is 3. The quantitative estimate of drug-likeness (QED) is 0.738. The predicted octanol–water partition coefficient (Wildman–Crippen LogP) is 4.73. The van der Waals surface area contributed by atoms with E-state index in [0.717, 1.165) is 28.3 Å². The van der Waals surface area contributed by atoms with Crippen molar-refractivity contribution in [1.82, 2.24) is 5.32 Å². The van der Waals surface area contributed by atoms with Crippen molar-refractivity contribution in [1.29, 1.82) is 0 Å². The molecule has 1 N–H and O–H groups in total. The molecule has 4 nitrogen and oxygen atoms in total. The number of carbonyl (C=O) groups is 1. The number of amides is 1. The first-order valence-electron chi connectivity index (χ1n) is 8.99. The fraction of sp³-hybridized carbons (Fsp3) is 0.130. The Kier molecular flexibility index (Phi) is 4.47. The van der Waals surface area contributed by atoms with E-state index in [1.807, 2.05) is 54.6 Å². The van der Waals surface area contributed by atoms with Gasteiger partial charge in [-0.25, -0.2) is 4.99 Å². The Morgan fingerprint density at radius 1 is 0.926 bits per heavy atom. The third-order valence-corrected chi connectivity index (χ3v) is 4.63. The van der Waals surface area contributed by atoms with E-state index in [-0.39, 0.29) is 12.1 Å². The number of fused-ring (bicyclic) bond motifs is 1. The summed E-state index contributed by atoms with van der Waals surface area (Å²) in [4.78, 5) is 19.1. The number of nitrogens with one attached hydrogen (secondary N) is 1. The molecule has 0 saturated heterocycles. The number of rotatable bonds is 3. The third-order valence-electron chi connectivity index (χ3n) is 4.63. The Hall–Kier alpha value is -3.40. The molecule has 0 spiro atoms. The summed E-state index contributed by atoms with van der Waals surface area (Å²) in [7, 11) is 0. The fourth-order valence-corrected chi connectivity index (χ4v) is 3.35. The fourth-order valence-electron chi connectivity index (χ4n) is 3.35. The van der Waals surface area contributed by atoms with Crippen LogP contribution in [0.1, 0.15) is 29.8 Å². The second-order valence-corrected chi connectivity index (χ2v) is 6.67. The zero-order valence-electron chi connectivity index (χ0n) is 15.4. The zero-order chi connectivity index (χ0) is 18.8. The van der Waals surface area contributed by atoms with E-state index in [2.05, 4.69) is 41.4 Å². The van der Waals surface area contributed by atoms with Gasteiger partial charge >= 0.3 is 0 Å². The molecule has 1 amide bonds. The van der Waals surface area contributed by atoms with E-state index >= 15 is 0 Å². The molecule has 0 unspecified atom stereocenters. The molecular formula is C23H21N3O. The lowest BCUT2D eigenvalue weighted by Gasteiger charge is -2.38. The average Bonchev–Trinajstić information content (AvgIpc) is 2.68. The maximum absolute atomic E-state index is 12.0. The van der Waals surface area contributed by atoms with Crippen molar-refractivity contribution >= 4 is 23.1 Å². The summed E-state index contributed by atoms with van der Waals surface area (Å²) in [5, 5.41) is 3.10. The monoisotopic (exact) mass is 355 g/mol. The Balaban J connectivity index is 1.94. The predicted molar refractivity (Wildman–Crippen MR) is 109 cm³/mol. The van der Waals surface area contributed by atoms with Crippen LogP contribution in [0.2, 0.25) is 0 Å². The van der Waals surface area contributed by atoms with E-state index in [9.17, 15) is 4.79 Å². The molecule has 3 aromatic rings. The van der Waals surface area contributed by atoms with Gasteiger partial charge in [0.05, 0.1) is 5.69 Å². The molecule has 4 rings (SSSR count). The molecule has 1 atom stereocenters. The Morgan fingerprint density at radius 3 is 2.30 bits per heavy atom. The molecule has 134 valence electrons. The van der Waals surface area contributed by atoms with Crippen LogP contribution in [0.25, 0.3) is 0 Å². The summed E-state index contributed by atoms with van der Waals surface area (Å²) in [5.74, 6) is 0.736. The number of para-hydroxylation sites is 2. The van der Waals surface area contributed by atoms with Crippen molar-refractivity contribution in [3.63, 3.8) is 0 Å². The molecule has 1 aliphatic heterocycles. The highest BCUT2D eigenvalue weighted by atomic mass is 16.1. The molecule has 3 aromatic carbocycles. The van der Waals surface area contributed by atoms with E-state index < -0.39 is 0 Å². The van der Waals surface area contributed by atoms with Crippen LogP contribution in [0.3, 0.4) is 0 Å². The van der Waals surface area contributed by atoms with Gasteiger partial charge < -0.3 is 10.2 Å². The number of amidine groups is 1. The number of aliphatic imine (C=N–C) groups is 1. The van der Waals surface area contributed by atoms with E-state index in [0.29, 0.717) is 0 Å². The molecule has 0 fully saturated rings. The van der Waals surface area contributed by atoms with E-state index in [1.54, 1.807) is 6.92 Å². The van der Waals surface area contributed by atoms with Crippen molar-refractivity contribution in [3.05, 3.63) is 95.6 Å². The number of aryl methyl sites for hydroxylation is 1. The lowest BCUT2D eigenvalue weighted by molar-refractivity contribution is -0.119. The van der Waals surface area contributed by atoms with Crippen LogP contribution in [-0.2, 0) is 4.79 Å². The number of hydrogen-bond donors (Lipinski definition) is 1. The van der Waals surface area contributed by atoms with Crippen molar-refractivity contribution < 1.29 is 4.79 Å². The summed E-state index contributed by atoms with van der Waals surface area (Å²) in [5.41, 5.74) is 5.03. The minimum atomic E-state index is -0.324. The second kappa shape index (κ2) is 7.08. The van der Waals surface area contributed by atoms with Gasteiger partial charge in [-0.15, -0.1) is 0 Å². The summed E-state index contributed by atoms with van der Waals surface area (Å²) < 4.78 is 0. The average molecular weight is 355 g/mol. The molecule has 0 saturated carbocycles. The van der Waals surface area contributed by atoms with E-state index in [1.165, 1.54) is 5.56 Å². The standard InChI is InChI=1S/C23H21N3O/c1-16-12-14-18(15-13-16)22-25-21-11-7-6-10-20(21)23(24-17(2)27)26(22)19-8-4-3-5-9-19/h3-15,23H,1-2H3,(H,24,27)/t23-/m1/s1. The first-order valence-corrected chi connectivity index (χ1v) is 8.99. The van der Waals surface area contributed by atoms with Crippen LogP contribution >= 0.6 is 0 Å². The second-order valence-electron chi connectivity index (χ2n) is 6.67. The highest BCUT2D eigenvalue weighted by Gasteiger charge is 2.32. The van der Waals surface area contributed by atoms with Gasteiger partial charge in [-0.3, -0.25) is 4.79 Å². The van der Waals surface area contributed by atoms with Gasteiger partial charge in [0.25, 0.3) is 0 Å². The molecule has 0 aromatic heterocycles. The van der Waals surface area contributed by atoms with Crippen molar-refractivity contribution in [3.8, 4) is 0 Å². The van der Waals surface area contributed by atoms with Gasteiger partial charge in [0.1, 0.15) is 12.0 Å². The number of anilines is 1. The molecule has 27 heavy (non-hydrogen) atoms. The summed E-state index contributed by atoms with van der Waals surface area (Å²) in [6.07, 6.45) is -0.324. The number of carbonyl (C=O) groups excluding carboxylic acids is 1. The normalized spacial score (nSPS) is 15.7. The van der Waals surface area contributed by atoms with Crippen LogP contribution in [0.5, 0.6) is 0 Å². The maximum atomic E-state index is 12.0. The minimum Gasteiger partial charge on any atom is -0.332 e. The Morgan fingerprint density at radius 2 is 1.59 bits per heavy atom. The van der Waals surface area contributed by atoms with Crippen molar-refractivity contribution in [2.75, 3.05) is 4.90 Å².